The minimum Gasteiger partial charge on any atom is -0.375 e. The van der Waals surface area contributed by atoms with E-state index in [1.165, 1.54) is 0 Å². The Morgan fingerprint density at radius 1 is 1.21 bits per heavy atom. The van der Waals surface area contributed by atoms with E-state index in [2.05, 4.69) is 0 Å². The maximum atomic E-state index is 11.9. The van der Waals surface area contributed by atoms with E-state index in [1.807, 2.05) is 30.3 Å². The molecule has 0 saturated heterocycles. The minimum absolute atomic E-state index is 0.118. The van der Waals surface area contributed by atoms with Crippen LogP contribution in [0.3, 0.4) is 0 Å². The number of rotatable bonds is 5. The molecule has 0 aliphatic carbocycles. The zero-order valence-corrected chi connectivity index (χ0v) is 7.70. The van der Waals surface area contributed by atoms with Crippen LogP contribution in [0.2, 0.25) is 0 Å². The highest BCUT2D eigenvalue weighted by Crippen LogP contribution is 2.03. The van der Waals surface area contributed by atoms with Gasteiger partial charge in [-0.15, -0.1) is 0 Å². The Morgan fingerprint density at radius 2 is 1.86 bits per heavy atom. The average Bonchev–Trinajstić information content (AvgIpc) is 2.19. The Labute approximate surface area is 81.7 Å². The Balaban J connectivity index is 2.22. The van der Waals surface area contributed by atoms with Crippen molar-refractivity contribution in [3.05, 3.63) is 35.9 Å². The molecule has 0 radical (unpaired) electrons. The van der Waals surface area contributed by atoms with Crippen molar-refractivity contribution in [2.45, 2.75) is 19.1 Å². The summed E-state index contributed by atoms with van der Waals surface area (Å²) < 4.78 is 28.9. The standard InChI is InChI=1S/C10H13F2NO/c11-10(12)9(13)7-14-6-8-4-2-1-3-5-8/h1-5,9-10H,6-7,13H2/t9-/m0/s1. The highest BCUT2D eigenvalue weighted by Gasteiger charge is 2.14. The predicted octanol–water partition coefficient (Wildman–Crippen LogP) is 1.80. The van der Waals surface area contributed by atoms with Gasteiger partial charge in [0.05, 0.1) is 19.3 Å². The molecular formula is C10H13F2NO. The first kappa shape index (κ1) is 11.1. The van der Waals surface area contributed by atoms with Crippen LogP contribution in [0.1, 0.15) is 5.56 Å². The Kier molecular flexibility index (Phi) is 4.49. The lowest BCUT2D eigenvalue weighted by Crippen LogP contribution is -2.33. The van der Waals surface area contributed by atoms with Gasteiger partial charge in [-0.2, -0.15) is 0 Å². The molecule has 2 nitrogen and oxygen atoms in total. The van der Waals surface area contributed by atoms with Crippen molar-refractivity contribution in [1.82, 2.24) is 0 Å². The maximum Gasteiger partial charge on any atom is 0.255 e. The van der Waals surface area contributed by atoms with Crippen LogP contribution in [-0.2, 0) is 11.3 Å². The van der Waals surface area contributed by atoms with Crippen molar-refractivity contribution >= 4 is 0 Å². The zero-order valence-electron chi connectivity index (χ0n) is 7.70. The molecule has 0 aliphatic rings. The molecule has 4 heteroatoms. The molecule has 0 aliphatic heterocycles. The molecule has 0 aromatic heterocycles. The van der Waals surface area contributed by atoms with Crippen molar-refractivity contribution in [3.63, 3.8) is 0 Å². The van der Waals surface area contributed by atoms with Gasteiger partial charge in [0, 0.05) is 0 Å². The van der Waals surface area contributed by atoms with E-state index in [4.69, 9.17) is 10.5 Å². The highest BCUT2D eigenvalue weighted by molar-refractivity contribution is 5.13. The Morgan fingerprint density at radius 3 is 2.43 bits per heavy atom. The van der Waals surface area contributed by atoms with E-state index >= 15 is 0 Å². The summed E-state index contributed by atoms with van der Waals surface area (Å²) in [7, 11) is 0. The van der Waals surface area contributed by atoms with Gasteiger partial charge in [0.2, 0.25) is 0 Å². The van der Waals surface area contributed by atoms with Crippen molar-refractivity contribution in [3.8, 4) is 0 Å². The van der Waals surface area contributed by atoms with Gasteiger partial charge in [-0.05, 0) is 5.56 Å². The summed E-state index contributed by atoms with van der Waals surface area (Å²) in [6.07, 6.45) is -2.52. The molecule has 2 N–H and O–H groups in total. The summed E-state index contributed by atoms with van der Waals surface area (Å²) in [5.74, 6) is 0. The molecule has 1 aromatic rings. The van der Waals surface area contributed by atoms with E-state index in [1.54, 1.807) is 0 Å². The number of halogens is 2. The first-order chi connectivity index (χ1) is 6.70. The monoisotopic (exact) mass is 201 g/mol. The van der Waals surface area contributed by atoms with Crippen molar-refractivity contribution in [2.75, 3.05) is 6.61 Å². The molecule has 1 atom stereocenters. The van der Waals surface area contributed by atoms with Crippen LogP contribution in [0.5, 0.6) is 0 Å². The van der Waals surface area contributed by atoms with Crippen LogP contribution in [0.4, 0.5) is 8.78 Å². The first-order valence-corrected chi connectivity index (χ1v) is 4.35. The molecule has 0 amide bonds. The molecule has 78 valence electrons. The van der Waals surface area contributed by atoms with Gasteiger partial charge in [-0.1, -0.05) is 30.3 Å². The van der Waals surface area contributed by atoms with E-state index in [-0.39, 0.29) is 6.61 Å². The van der Waals surface area contributed by atoms with Crippen LogP contribution in [-0.4, -0.2) is 19.1 Å². The van der Waals surface area contributed by atoms with Crippen molar-refractivity contribution in [2.24, 2.45) is 5.73 Å². The number of hydrogen-bond acceptors (Lipinski definition) is 2. The van der Waals surface area contributed by atoms with Crippen molar-refractivity contribution < 1.29 is 13.5 Å². The van der Waals surface area contributed by atoms with Crippen LogP contribution < -0.4 is 5.73 Å². The molecular weight excluding hydrogens is 188 g/mol. The smallest absolute Gasteiger partial charge is 0.255 e. The van der Waals surface area contributed by atoms with Crippen LogP contribution in [0.25, 0.3) is 0 Å². The molecule has 0 saturated carbocycles. The third kappa shape index (κ3) is 3.81. The Bertz CT molecular complexity index is 254. The number of nitrogens with two attached hydrogens (primary N) is 1. The second kappa shape index (κ2) is 5.67. The first-order valence-electron chi connectivity index (χ1n) is 4.35. The fourth-order valence-electron chi connectivity index (χ4n) is 0.960. The molecule has 0 heterocycles. The van der Waals surface area contributed by atoms with Gasteiger partial charge in [0.1, 0.15) is 0 Å². The summed E-state index contributed by atoms with van der Waals surface area (Å²) in [6, 6.07) is 8.16. The second-order valence-electron chi connectivity index (χ2n) is 3.00. The molecule has 0 bridgehead atoms. The van der Waals surface area contributed by atoms with Crippen LogP contribution >= 0.6 is 0 Å². The van der Waals surface area contributed by atoms with E-state index < -0.39 is 12.5 Å². The fourth-order valence-corrected chi connectivity index (χ4v) is 0.960. The van der Waals surface area contributed by atoms with E-state index in [0.29, 0.717) is 6.61 Å². The summed E-state index contributed by atoms with van der Waals surface area (Å²) >= 11 is 0. The predicted molar refractivity (Wildman–Crippen MR) is 50.1 cm³/mol. The van der Waals surface area contributed by atoms with Gasteiger partial charge in [0.25, 0.3) is 6.43 Å². The molecule has 0 fully saturated rings. The molecule has 14 heavy (non-hydrogen) atoms. The normalized spacial score (nSPS) is 13.1. The molecule has 0 unspecified atom stereocenters. The summed E-state index contributed by atoms with van der Waals surface area (Å²) in [4.78, 5) is 0. The number of ether oxygens (including phenoxy) is 1. The number of alkyl halides is 2. The lowest BCUT2D eigenvalue weighted by molar-refractivity contribution is 0.0397. The van der Waals surface area contributed by atoms with E-state index in [9.17, 15) is 8.78 Å². The van der Waals surface area contributed by atoms with Gasteiger partial charge >= 0.3 is 0 Å². The number of hydrogen-bond donors (Lipinski definition) is 1. The topological polar surface area (TPSA) is 35.2 Å². The minimum atomic E-state index is -2.52. The zero-order chi connectivity index (χ0) is 10.4. The summed E-state index contributed by atoms with van der Waals surface area (Å²) in [5, 5.41) is 0. The fraction of sp³-hybridized carbons (Fsp3) is 0.400. The van der Waals surface area contributed by atoms with Crippen LogP contribution in [0, 0.1) is 0 Å². The number of benzene rings is 1. The third-order valence-electron chi connectivity index (χ3n) is 1.75. The molecule has 0 spiro atoms. The van der Waals surface area contributed by atoms with Crippen molar-refractivity contribution in [1.29, 1.82) is 0 Å². The van der Waals surface area contributed by atoms with Gasteiger partial charge in [-0.3, -0.25) is 0 Å². The molecule has 1 aromatic carbocycles. The van der Waals surface area contributed by atoms with E-state index in [0.717, 1.165) is 5.56 Å². The van der Waals surface area contributed by atoms with Gasteiger partial charge in [0.15, 0.2) is 0 Å². The van der Waals surface area contributed by atoms with Gasteiger partial charge in [-0.25, -0.2) is 8.78 Å². The van der Waals surface area contributed by atoms with Crippen LogP contribution in [0.15, 0.2) is 30.3 Å². The summed E-state index contributed by atoms with van der Waals surface area (Å²) in [5.41, 5.74) is 6.06. The third-order valence-corrected chi connectivity index (χ3v) is 1.75. The van der Waals surface area contributed by atoms with Gasteiger partial charge < -0.3 is 10.5 Å². The SMILES string of the molecule is N[C@@H](COCc1ccccc1)C(F)F. The average molecular weight is 201 g/mol. The second-order valence-corrected chi connectivity index (χ2v) is 3.00. The highest BCUT2D eigenvalue weighted by atomic mass is 19.3. The molecule has 1 rings (SSSR count). The Hall–Kier alpha value is -1.00. The largest absolute Gasteiger partial charge is 0.375 e. The quantitative estimate of drug-likeness (QED) is 0.788. The lowest BCUT2D eigenvalue weighted by Gasteiger charge is -2.10. The maximum absolute atomic E-state index is 11.9. The lowest BCUT2D eigenvalue weighted by atomic mass is 10.2. The summed E-state index contributed by atoms with van der Waals surface area (Å²) in [6.45, 7) is 0.202.